The summed E-state index contributed by atoms with van der Waals surface area (Å²) >= 11 is 7.67. The first kappa shape index (κ1) is 14.2. The van der Waals surface area contributed by atoms with E-state index in [0.29, 0.717) is 22.4 Å². The van der Waals surface area contributed by atoms with Crippen LogP contribution >= 0.6 is 35.7 Å². The molecule has 1 aromatic rings. The number of thioether (sulfide) groups is 2. The highest BCUT2D eigenvalue weighted by Crippen LogP contribution is 2.50. The maximum atomic E-state index is 10.9. The molecule has 0 aromatic heterocycles. The molecule has 2 nitrogen and oxygen atoms in total. The van der Waals surface area contributed by atoms with Crippen LogP contribution in [-0.2, 0) is 9.59 Å². The standard InChI is InChI=1S/C14H10O2S3/c1-9-2-4-10(5-3-9)11(8-17)14-18-12(6-15)13(7-16)19-14/h2-8H,1H3. The van der Waals surface area contributed by atoms with Crippen LogP contribution in [0.1, 0.15) is 11.1 Å². The van der Waals surface area contributed by atoms with Gasteiger partial charge >= 0.3 is 0 Å². The van der Waals surface area contributed by atoms with Crippen LogP contribution in [0, 0.1) is 6.92 Å². The van der Waals surface area contributed by atoms with Crippen molar-refractivity contribution >= 4 is 59.3 Å². The fraction of sp³-hybridized carbons (Fsp3) is 0.0714. The maximum absolute atomic E-state index is 10.9. The van der Waals surface area contributed by atoms with Gasteiger partial charge in [-0.05, 0) is 12.5 Å². The van der Waals surface area contributed by atoms with Gasteiger partial charge in [-0.15, -0.1) is 0 Å². The molecule has 0 unspecified atom stereocenters. The van der Waals surface area contributed by atoms with Gasteiger partial charge in [0.1, 0.15) is 0 Å². The molecule has 0 amide bonds. The average Bonchev–Trinajstić information content (AvgIpc) is 2.85. The van der Waals surface area contributed by atoms with Gasteiger partial charge in [0.15, 0.2) is 12.6 Å². The Bertz CT molecular complexity index is 576. The molecule has 0 fully saturated rings. The number of allylic oxidation sites excluding steroid dienone is 3. The van der Waals surface area contributed by atoms with E-state index in [1.807, 2.05) is 31.2 Å². The van der Waals surface area contributed by atoms with E-state index in [0.717, 1.165) is 15.4 Å². The molecule has 0 radical (unpaired) electrons. The summed E-state index contributed by atoms with van der Waals surface area (Å²) in [6, 6.07) is 7.99. The van der Waals surface area contributed by atoms with Crippen LogP contribution in [-0.4, -0.2) is 17.9 Å². The van der Waals surface area contributed by atoms with E-state index in [1.54, 1.807) is 5.37 Å². The van der Waals surface area contributed by atoms with E-state index >= 15 is 0 Å². The molecule has 0 N–H and O–H groups in total. The number of aldehydes is 2. The fourth-order valence-corrected chi connectivity index (χ4v) is 4.29. The summed E-state index contributed by atoms with van der Waals surface area (Å²) in [6.45, 7) is 2.02. The third-order valence-corrected chi connectivity index (χ3v) is 5.31. The molecule has 1 aliphatic rings. The maximum Gasteiger partial charge on any atom is 0.158 e. The number of rotatable bonds is 4. The first-order valence-electron chi connectivity index (χ1n) is 5.46. The van der Waals surface area contributed by atoms with E-state index in [9.17, 15) is 9.59 Å². The molecule has 0 atom stereocenters. The SMILES string of the molecule is Cc1ccc(C(C=S)=C2SC(C=O)=C(C=O)S2)cc1. The summed E-state index contributed by atoms with van der Waals surface area (Å²) in [5.74, 6) is 0. The highest BCUT2D eigenvalue weighted by molar-refractivity contribution is 8.29. The van der Waals surface area contributed by atoms with Gasteiger partial charge in [-0.2, -0.15) is 0 Å². The van der Waals surface area contributed by atoms with E-state index in [2.05, 4.69) is 0 Å². The molecule has 1 heterocycles. The third kappa shape index (κ3) is 3.05. The zero-order chi connectivity index (χ0) is 13.8. The number of benzene rings is 1. The highest BCUT2D eigenvalue weighted by Gasteiger charge is 2.23. The number of thiocarbonyl (C=S) groups is 1. The first-order chi connectivity index (χ1) is 9.19. The monoisotopic (exact) mass is 306 g/mol. The summed E-state index contributed by atoms with van der Waals surface area (Å²) in [6.07, 6.45) is 1.43. The number of carbonyl (C=O) groups is 2. The van der Waals surface area contributed by atoms with Crippen molar-refractivity contribution in [2.75, 3.05) is 0 Å². The van der Waals surface area contributed by atoms with Gasteiger partial charge in [0.05, 0.1) is 14.0 Å². The van der Waals surface area contributed by atoms with Crippen LogP contribution in [0.25, 0.3) is 5.57 Å². The van der Waals surface area contributed by atoms with Crippen molar-refractivity contribution in [3.63, 3.8) is 0 Å². The lowest BCUT2D eigenvalue weighted by atomic mass is 10.1. The molecule has 1 aromatic carbocycles. The lowest BCUT2D eigenvalue weighted by Crippen LogP contribution is -1.87. The van der Waals surface area contributed by atoms with Gasteiger partial charge in [0, 0.05) is 10.9 Å². The van der Waals surface area contributed by atoms with Crippen LogP contribution in [0.15, 0.2) is 38.3 Å². The second kappa shape index (κ2) is 6.32. The quantitative estimate of drug-likeness (QED) is 0.481. The van der Waals surface area contributed by atoms with Crippen LogP contribution in [0.4, 0.5) is 0 Å². The van der Waals surface area contributed by atoms with E-state index in [4.69, 9.17) is 12.2 Å². The molecule has 0 spiro atoms. The normalized spacial score (nSPS) is 14.5. The van der Waals surface area contributed by atoms with E-state index in [-0.39, 0.29) is 0 Å². The van der Waals surface area contributed by atoms with Crippen molar-refractivity contribution in [3.8, 4) is 0 Å². The largest absolute Gasteiger partial charge is 0.297 e. The van der Waals surface area contributed by atoms with Gasteiger partial charge in [-0.25, -0.2) is 0 Å². The highest BCUT2D eigenvalue weighted by atomic mass is 32.2. The Morgan fingerprint density at radius 1 is 1.05 bits per heavy atom. The molecule has 19 heavy (non-hydrogen) atoms. The van der Waals surface area contributed by atoms with Crippen LogP contribution in [0.3, 0.4) is 0 Å². The summed E-state index contributed by atoms with van der Waals surface area (Å²) in [4.78, 5) is 22.7. The van der Waals surface area contributed by atoms with Crippen molar-refractivity contribution in [2.24, 2.45) is 0 Å². The van der Waals surface area contributed by atoms with Crippen molar-refractivity contribution in [1.29, 1.82) is 0 Å². The Balaban J connectivity index is 2.41. The molecule has 0 bridgehead atoms. The Hall–Kier alpha value is -1.17. The zero-order valence-corrected chi connectivity index (χ0v) is 12.5. The van der Waals surface area contributed by atoms with Crippen molar-refractivity contribution < 1.29 is 9.59 Å². The minimum atomic E-state index is 0.455. The summed E-state index contributed by atoms with van der Waals surface area (Å²) in [5.41, 5.74) is 3.04. The molecule has 1 aliphatic heterocycles. The topological polar surface area (TPSA) is 34.1 Å². The minimum Gasteiger partial charge on any atom is -0.297 e. The Kier molecular flexibility index (Phi) is 4.74. The van der Waals surface area contributed by atoms with Crippen molar-refractivity contribution in [1.82, 2.24) is 0 Å². The lowest BCUT2D eigenvalue weighted by molar-refractivity contribution is -0.106. The smallest absolute Gasteiger partial charge is 0.158 e. The molecule has 0 saturated heterocycles. The molecular weight excluding hydrogens is 296 g/mol. The van der Waals surface area contributed by atoms with Crippen molar-refractivity contribution in [3.05, 3.63) is 49.4 Å². The van der Waals surface area contributed by atoms with Crippen molar-refractivity contribution in [2.45, 2.75) is 6.92 Å². The van der Waals surface area contributed by atoms with Gasteiger partial charge in [-0.3, -0.25) is 9.59 Å². The zero-order valence-electron chi connectivity index (χ0n) is 10.1. The predicted octanol–water partition coefficient (Wildman–Crippen LogP) is 3.75. The van der Waals surface area contributed by atoms with Gasteiger partial charge in [-0.1, -0.05) is 65.6 Å². The molecular formula is C14H10O2S3. The average molecular weight is 306 g/mol. The van der Waals surface area contributed by atoms with Gasteiger partial charge in [0.25, 0.3) is 0 Å². The van der Waals surface area contributed by atoms with Gasteiger partial charge < -0.3 is 0 Å². The van der Waals surface area contributed by atoms with E-state index < -0.39 is 0 Å². The second-order valence-electron chi connectivity index (χ2n) is 3.85. The third-order valence-electron chi connectivity index (χ3n) is 2.56. The molecule has 0 saturated carbocycles. The predicted molar refractivity (Wildman–Crippen MR) is 86.1 cm³/mol. The number of carbonyl (C=O) groups excluding carboxylic acids is 2. The number of hydrogen-bond acceptors (Lipinski definition) is 5. The molecule has 2 rings (SSSR count). The van der Waals surface area contributed by atoms with Crippen LogP contribution in [0.5, 0.6) is 0 Å². The Labute approximate surface area is 125 Å². The fourth-order valence-electron chi connectivity index (χ4n) is 1.56. The Morgan fingerprint density at radius 2 is 1.58 bits per heavy atom. The number of aryl methyl sites for hydroxylation is 1. The second-order valence-corrected chi connectivity index (χ2v) is 6.45. The molecule has 5 heteroatoms. The summed E-state index contributed by atoms with van der Waals surface area (Å²) in [7, 11) is 0. The Morgan fingerprint density at radius 3 is 2.00 bits per heavy atom. The van der Waals surface area contributed by atoms with E-state index in [1.165, 1.54) is 29.1 Å². The minimum absolute atomic E-state index is 0.455. The van der Waals surface area contributed by atoms with Gasteiger partial charge in [0.2, 0.25) is 0 Å². The van der Waals surface area contributed by atoms with Crippen LogP contribution in [0.2, 0.25) is 0 Å². The summed E-state index contributed by atoms with van der Waals surface area (Å²) < 4.78 is 0.878. The molecule has 96 valence electrons. The first-order valence-corrected chi connectivity index (χ1v) is 7.57. The lowest BCUT2D eigenvalue weighted by Gasteiger charge is -2.06. The summed E-state index contributed by atoms with van der Waals surface area (Å²) in [5, 5.41) is 1.59. The molecule has 0 aliphatic carbocycles. The number of hydrogen-bond donors (Lipinski definition) is 0. The van der Waals surface area contributed by atoms with Crippen LogP contribution < -0.4 is 0 Å².